The first-order chi connectivity index (χ1) is 16.4. The molecule has 5 rings (SSSR count). The van der Waals surface area contributed by atoms with Gasteiger partial charge < -0.3 is 29.8 Å². The van der Waals surface area contributed by atoms with E-state index in [-0.39, 0.29) is 5.91 Å². The van der Waals surface area contributed by atoms with Gasteiger partial charge in [0.25, 0.3) is 5.91 Å². The molecule has 34 heavy (non-hydrogen) atoms. The number of nitrogens with zero attached hydrogens (tertiary/aromatic N) is 4. The largest absolute Gasteiger partial charge is 0.486 e. The number of hydrogen-bond donors (Lipinski definition) is 2. The number of ether oxygens (including phenoxy) is 2. The number of nitrogens with two attached hydrogens (primary N) is 1. The Kier molecular flexibility index (Phi) is 6.59. The lowest BCUT2D eigenvalue weighted by atomic mass is 10.1. The molecule has 3 N–H and O–H groups in total. The second-order valence-corrected chi connectivity index (χ2v) is 10.4. The standard InChI is InChI=1S/C23H26BrN5O4S/c1-13(30)22(31)28-6-3-14(12-28)4-7-29-16-2-5-26-21(25)20(16)27-23(29)34-19-11-18-17(10-15(19)24)32-8-9-33-18/h2,5,10-11,13-14,30H,3-4,6-9,12H2,1H3,(H2,25,26)/t13-,14?/m1/s1. The summed E-state index contributed by atoms with van der Waals surface area (Å²) in [6.07, 6.45) is 2.54. The van der Waals surface area contributed by atoms with Gasteiger partial charge in [-0.1, -0.05) is 11.8 Å². The SMILES string of the molecule is C[C@@H](O)C(=O)N1CCC(CCn2c(Sc3cc4c(cc3Br)OCCO4)nc3c(N)nccc32)C1. The van der Waals surface area contributed by atoms with Gasteiger partial charge in [-0.05, 0) is 59.8 Å². The van der Waals surface area contributed by atoms with Gasteiger partial charge in [-0.3, -0.25) is 4.79 Å². The Morgan fingerprint density at radius 1 is 1.35 bits per heavy atom. The van der Waals surface area contributed by atoms with Crippen LogP contribution in [0.15, 0.2) is 38.9 Å². The van der Waals surface area contributed by atoms with Crippen molar-refractivity contribution in [3.8, 4) is 11.5 Å². The minimum atomic E-state index is -0.959. The van der Waals surface area contributed by atoms with E-state index in [4.69, 9.17) is 20.2 Å². The van der Waals surface area contributed by atoms with E-state index in [9.17, 15) is 9.90 Å². The normalized spacial score (nSPS) is 18.4. The molecule has 0 spiro atoms. The number of imidazole rings is 1. The number of carbonyl (C=O) groups is 1. The number of nitrogen functional groups attached to an aromatic ring is 1. The van der Waals surface area contributed by atoms with Crippen LogP contribution in [-0.2, 0) is 11.3 Å². The van der Waals surface area contributed by atoms with E-state index in [0.29, 0.717) is 43.6 Å². The zero-order chi connectivity index (χ0) is 23.8. The van der Waals surface area contributed by atoms with Gasteiger partial charge in [0, 0.05) is 35.2 Å². The zero-order valence-electron chi connectivity index (χ0n) is 18.7. The third-order valence-corrected chi connectivity index (χ3v) is 8.14. The molecule has 2 aliphatic heterocycles. The molecule has 180 valence electrons. The van der Waals surface area contributed by atoms with Crippen LogP contribution >= 0.6 is 27.7 Å². The Balaban J connectivity index is 1.40. The number of fused-ring (bicyclic) bond motifs is 2. The van der Waals surface area contributed by atoms with Gasteiger partial charge in [0.2, 0.25) is 0 Å². The number of aryl methyl sites for hydroxylation is 1. The summed E-state index contributed by atoms with van der Waals surface area (Å²) in [7, 11) is 0. The van der Waals surface area contributed by atoms with Gasteiger partial charge in [-0.2, -0.15) is 0 Å². The number of likely N-dealkylation sites (tertiary alicyclic amines) is 1. The number of benzene rings is 1. The summed E-state index contributed by atoms with van der Waals surface area (Å²) in [6.45, 7) is 4.65. The molecule has 3 aromatic rings. The Bertz CT molecular complexity index is 1230. The average Bonchev–Trinajstić information content (AvgIpc) is 3.43. The fourth-order valence-electron chi connectivity index (χ4n) is 4.41. The molecule has 11 heteroatoms. The predicted octanol–water partition coefficient (Wildman–Crippen LogP) is 3.32. The predicted molar refractivity (Wildman–Crippen MR) is 132 cm³/mol. The van der Waals surface area contributed by atoms with E-state index in [1.165, 1.54) is 18.7 Å². The first kappa shape index (κ1) is 23.3. The highest BCUT2D eigenvalue weighted by Crippen LogP contribution is 2.42. The van der Waals surface area contributed by atoms with Crippen LogP contribution < -0.4 is 15.2 Å². The summed E-state index contributed by atoms with van der Waals surface area (Å²) in [5.74, 6) is 2.00. The number of aliphatic hydroxyl groups is 1. The summed E-state index contributed by atoms with van der Waals surface area (Å²) in [5.41, 5.74) is 7.75. The van der Waals surface area contributed by atoms with Crippen LogP contribution in [0.25, 0.3) is 11.0 Å². The molecule has 9 nitrogen and oxygen atoms in total. The van der Waals surface area contributed by atoms with Gasteiger partial charge in [0.1, 0.15) is 24.8 Å². The molecule has 0 aliphatic carbocycles. The van der Waals surface area contributed by atoms with Crippen LogP contribution in [0, 0.1) is 5.92 Å². The molecular formula is C23H26BrN5O4S. The number of halogens is 1. The van der Waals surface area contributed by atoms with Crippen LogP contribution in [0.1, 0.15) is 19.8 Å². The molecule has 4 heterocycles. The van der Waals surface area contributed by atoms with Crippen LogP contribution in [0.4, 0.5) is 5.82 Å². The molecule has 2 atom stereocenters. The Morgan fingerprint density at radius 2 is 2.12 bits per heavy atom. The molecule has 0 radical (unpaired) electrons. The Morgan fingerprint density at radius 3 is 2.88 bits per heavy atom. The number of carbonyl (C=O) groups excluding carboxylic acids is 1. The average molecular weight is 548 g/mol. The molecule has 0 bridgehead atoms. The molecule has 0 saturated carbocycles. The smallest absolute Gasteiger partial charge is 0.251 e. The van der Waals surface area contributed by atoms with Crippen molar-refractivity contribution >= 4 is 50.5 Å². The fourth-order valence-corrected chi connectivity index (χ4v) is 5.93. The van der Waals surface area contributed by atoms with Crippen LogP contribution in [-0.4, -0.2) is 62.9 Å². The number of aliphatic hydroxyl groups excluding tert-OH is 1. The lowest BCUT2D eigenvalue weighted by Crippen LogP contribution is -2.36. The maximum atomic E-state index is 12.1. The van der Waals surface area contributed by atoms with Gasteiger partial charge in [0.05, 0.1) is 5.52 Å². The minimum Gasteiger partial charge on any atom is -0.486 e. The molecule has 1 unspecified atom stereocenters. The van der Waals surface area contributed by atoms with Gasteiger partial charge in [-0.15, -0.1) is 0 Å². The number of aromatic nitrogens is 3. The third-order valence-electron chi connectivity index (χ3n) is 6.17. The van der Waals surface area contributed by atoms with E-state index >= 15 is 0 Å². The van der Waals surface area contributed by atoms with E-state index in [1.807, 2.05) is 18.2 Å². The van der Waals surface area contributed by atoms with Crippen LogP contribution in [0.5, 0.6) is 11.5 Å². The Labute approximate surface area is 209 Å². The summed E-state index contributed by atoms with van der Waals surface area (Å²) in [6, 6.07) is 5.82. The van der Waals surface area contributed by atoms with Crippen molar-refractivity contribution in [2.45, 2.75) is 42.5 Å². The number of pyridine rings is 1. The van der Waals surface area contributed by atoms with Crippen molar-refractivity contribution in [2.75, 3.05) is 32.0 Å². The third kappa shape index (κ3) is 4.56. The molecule has 1 amide bonds. The zero-order valence-corrected chi connectivity index (χ0v) is 21.1. The molecule has 1 fully saturated rings. The number of amides is 1. The monoisotopic (exact) mass is 547 g/mol. The van der Waals surface area contributed by atoms with Crippen molar-refractivity contribution in [3.05, 3.63) is 28.9 Å². The maximum absolute atomic E-state index is 12.1. The maximum Gasteiger partial charge on any atom is 0.251 e. The van der Waals surface area contributed by atoms with Crippen molar-refractivity contribution in [1.82, 2.24) is 19.4 Å². The quantitative estimate of drug-likeness (QED) is 0.482. The molecule has 2 aliphatic rings. The summed E-state index contributed by atoms with van der Waals surface area (Å²) in [4.78, 5) is 23.9. The second-order valence-electron chi connectivity index (χ2n) is 8.54. The highest BCUT2D eigenvalue weighted by molar-refractivity contribution is 9.10. The molecule has 1 saturated heterocycles. The van der Waals surface area contributed by atoms with Crippen molar-refractivity contribution in [1.29, 1.82) is 0 Å². The van der Waals surface area contributed by atoms with E-state index in [2.05, 4.69) is 25.5 Å². The van der Waals surface area contributed by atoms with Crippen LogP contribution in [0.2, 0.25) is 0 Å². The summed E-state index contributed by atoms with van der Waals surface area (Å²) in [5, 5.41) is 10.4. The van der Waals surface area contributed by atoms with Crippen LogP contribution in [0.3, 0.4) is 0 Å². The lowest BCUT2D eigenvalue weighted by Gasteiger charge is -2.20. The molecule has 2 aromatic heterocycles. The topological polar surface area (TPSA) is 116 Å². The summed E-state index contributed by atoms with van der Waals surface area (Å²) < 4.78 is 14.5. The van der Waals surface area contributed by atoms with Crippen molar-refractivity contribution < 1.29 is 19.4 Å². The van der Waals surface area contributed by atoms with E-state index in [1.54, 1.807) is 11.1 Å². The van der Waals surface area contributed by atoms with Gasteiger partial charge >= 0.3 is 0 Å². The first-order valence-electron chi connectivity index (χ1n) is 11.2. The lowest BCUT2D eigenvalue weighted by molar-refractivity contribution is -0.138. The van der Waals surface area contributed by atoms with Crippen molar-refractivity contribution in [3.63, 3.8) is 0 Å². The highest BCUT2D eigenvalue weighted by atomic mass is 79.9. The first-order valence-corrected chi connectivity index (χ1v) is 12.9. The molecular weight excluding hydrogens is 522 g/mol. The second kappa shape index (κ2) is 9.63. The van der Waals surface area contributed by atoms with Crippen molar-refractivity contribution in [2.24, 2.45) is 5.92 Å². The Hall–Kier alpha value is -2.50. The number of rotatable bonds is 6. The summed E-state index contributed by atoms with van der Waals surface area (Å²) >= 11 is 5.18. The number of hydrogen-bond acceptors (Lipinski definition) is 8. The fraction of sp³-hybridized carbons (Fsp3) is 0.435. The van der Waals surface area contributed by atoms with E-state index in [0.717, 1.165) is 50.9 Å². The minimum absolute atomic E-state index is 0.200. The van der Waals surface area contributed by atoms with Gasteiger partial charge in [-0.25, -0.2) is 9.97 Å². The van der Waals surface area contributed by atoms with E-state index < -0.39 is 6.10 Å². The number of anilines is 1. The molecule has 1 aromatic carbocycles. The highest BCUT2D eigenvalue weighted by Gasteiger charge is 2.28. The van der Waals surface area contributed by atoms with Gasteiger partial charge in [0.15, 0.2) is 22.5 Å².